The molecule has 1 amide bonds. The number of carbonyl (C=O) groups excluding carboxylic acids is 2. The standard InChI is InChI=1S/C20H17F2N3O5/c1-3-24-18(27)11-6-4-5-7-16(11)25(20(24)29)10-17(26)23-15-8-12(19(28)30-2)13(21)9-14(15)22/h4-9H,3,10H2,1-2H3,(H,23,26). The molecule has 0 spiro atoms. The van der Waals surface area contributed by atoms with Gasteiger partial charge in [-0.2, -0.15) is 0 Å². The van der Waals surface area contributed by atoms with E-state index >= 15 is 0 Å². The van der Waals surface area contributed by atoms with Crippen LogP contribution in [0.4, 0.5) is 14.5 Å². The lowest BCUT2D eigenvalue weighted by Gasteiger charge is -2.14. The number of hydrogen-bond acceptors (Lipinski definition) is 5. The molecule has 8 nitrogen and oxygen atoms in total. The summed E-state index contributed by atoms with van der Waals surface area (Å²) in [6.45, 7) is 1.17. The number of carbonyl (C=O) groups is 2. The Morgan fingerprint density at radius 2 is 1.77 bits per heavy atom. The van der Waals surface area contributed by atoms with E-state index in [0.717, 1.165) is 22.3 Å². The molecule has 3 aromatic rings. The highest BCUT2D eigenvalue weighted by Gasteiger charge is 2.19. The number of aromatic nitrogens is 2. The number of halogens is 2. The van der Waals surface area contributed by atoms with Crippen molar-refractivity contribution >= 4 is 28.5 Å². The molecule has 1 aromatic heterocycles. The SMILES string of the molecule is CCn1c(=O)c2ccccc2n(CC(=O)Nc2cc(C(=O)OC)c(F)cc2F)c1=O. The maximum Gasteiger partial charge on any atom is 0.340 e. The Morgan fingerprint density at radius 1 is 1.07 bits per heavy atom. The Morgan fingerprint density at radius 3 is 2.43 bits per heavy atom. The number of hydrogen-bond donors (Lipinski definition) is 1. The lowest BCUT2D eigenvalue weighted by molar-refractivity contribution is -0.116. The third kappa shape index (κ3) is 3.71. The van der Waals surface area contributed by atoms with Gasteiger partial charge in [0, 0.05) is 12.6 Å². The fourth-order valence-corrected chi connectivity index (χ4v) is 3.05. The minimum Gasteiger partial charge on any atom is -0.465 e. The van der Waals surface area contributed by atoms with Gasteiger partial charge in [-0.25, -0.2) is 18.4 Å². The van der Waals surface area contributed by atoms with Crippen LogP contribution in [0.1, 0.15) is 17.3 Å². The number of fused-ring (bicyclic) bond motifs is 1. The van der Waals surface area contributed by atoms with Crippen LogP contribution in [0.25, 0.3) is 10.9 Å². The van der Waals surface area contributed by atoms with Crippen molar-refractivity contribution in [1.29, 1.82) is 0 Å². The second-order valence-corrected chi connectivity index (χ2v) is 6.29. The fraction of sp³-hybridized carbons (Fsp3) is 0.200. The molecular formula is C20H17F2N3O5. The zero-order chi connectivity index (χ0) is 22.0. The quantitative estimate of drug-likeness (QED) is 0.639. The molecule has 0 unspecified atom stereocenters. The minimum absolute atomic E-state index is 0.0964. The van der Waals surface area contributed by atoms with Crippen LogP contribution in [-0.4, -0.2) is 28.1 Å². The van der Waals surface area contributed by atoms with Gasteiger partial charge in [0.15, 0.2) is 0 Å². The van der Waals surface area contributed by atoms with Crippen LogP contribution in [0.15, 0.2) is 46.0 Å². The smallest absolute Gasteiger partial charge is 0.340 e. The van der Waals surface area contributed by atoms with Crippen molar-refractivity contribution in [3.63, 3.8) is 0 Å². The molecule has 3 rings (SSSR count). The van der Waals surface area contributed by atoms with Gasteiger partial charge in [0.2, 0.25) is 5.91 Å². The van der Waals surface area contributed by atoms with Gasteiger partial charge in [0.1, 0.15) is 18.2 Å². The first-order chi connectivity index (χ1) is 14.3. The first kappa shape index (κ1) is 20.9. The summed E-state index contributed by atoms with van der Waals surface area (Å²) in [6, 6.07) is 7.52. The van der Waals surface area contributed by atoms with Crippen LogP contribution in [0.3, 0.4) is 0 Å². The highest BCUT2D eigenvalue weighted by atomic mass is 19.1. The van der Waals surface area contributed by atoms with Crippen LogP contribution in [0, 0.1) is 11.6 Å². The van der Waals surface area contributed by atoms with Gasteiger partial charge < -0.3 is 10.1 Å². The third-order valence-corrected chi connectivity index (χ3v) is 4.49. The van der Waals surface area contributed by atoms with Crippen molar-refractivity contribution in [1.82, 2.24) is 9.13 Å². The topological polar surface area (TPSA) is 99.4 Å². The van der Waals surface area contributed by atoms with E-state index in [1.807, 2.05) is 0 Å². The van der Waals surface area contributed by atoms with Crippen molar-refractivity contribution in [2.24, 2.45) is 0 Å². The fourth-order valence-electron chi connectivity index (χ4n) is 3.05. The molecule has 0 bridgehead atoms. The van der Waals surface area contributed by atoms with Crippen molar-refractivity contribution in [3.05, 3.63) is 74.4 Å². The lowest BCUT2D eigenvalue weighted by atomic mass is 10.1. The number of benzene rings is 2. The Hall–Kier alpha value is -3.82. The van der Waals surface area contributed by atoms with E-state index < -0.39 is 52.6 Å². The minimum atomic E-state index is -1.14. The summed E-state index contributed by atoms with van der Waals surface area (Å²) in [6.07, 6.45) is 0. The number of methoxy groups -OCH3 is 1. The first-order valence-corrected chi connectivity index (χ1v) is 8.88. The number of amides is 1. The number of rotatable bonds is 5. The highest BCUT2D eigenvalue weighted by molar-refractivity contribution is 5.95. The van der Waals surface area contributed by atoms with Crippen LogP contribution >= 0.6 is 0 Å². The van der Waals surface area contributed by atoms with E-state index in [4.69, 9.17) is 0 Å². The number of para-hydroxylation sites is 1. The summed E-state index contributed by atoms with van der Waals surface area (Å²) in [5.74, 6) is -4.11. The Labute approximate surface area is 168 Å². The Kier molecular flexibility index (Phi) is 5.77. The van der Waals surface area contributed by atoms with Crippen molar-refractivity contribution in [2.45, 2.75) is 20.0 Å². The van der Waals surface area contributed by atoms with Gasteiger partial charge in [-0.05, 0) is 25.1 Å². The molecule has 2 aromatic carbocycles. The highest BCUT2D eigenvalue weighted by Crippen LogP contribution is 2.20. The molecule has 30 heavy (non-hydrogen) atoms. The van der Waals surface area contributed by atoms with Crippen molar-refractivity contribution in [3.8, 4) is 0 Å². The molecular weight excluding hydrogens is 400 g/mol. The Balaban J connectivity index is 2.00. The summed E-state index contributed by atoms with van der Waals surface area (Å²) in [5, 5.41) is 2.46. The van der Waals surface area contributed by atoms with E-state index in [2.05, 4.69) is 10.1 Å². The van der Waals surface area contributed by atoms with Crippen LogP contribution < -0.4 is 16.6 Å². The normalized spacial score (nSPS) is 10.8. The van der Waals surface area contributed by atoms with Crippen molar-refractivity contribution < 1.29 is 23.1 Å². The summed E-state index contributed by atoms with van der Waals surface area (Å²) >= 11 is 0. The first-order valence-electron chi connectivity index (χ1n) is 8.88. The second kappa shape index (κ2) is 8.27. The van der Waals surface area contributed by atoms with Gasteiger partial charge >= 0.3 is 11.7 Å². The van der Waals surface area contributed by atoms with Crippen LogP contribution in [0.5, 0.6) is 0 Å². The lowest BCUT2D eigenvalue weighted by Crippen LogP contribution is -2.41. The maximum absolute atomic E-state index is 14.1. The molecule has 0 aliphatic carbocycles. The average molecular weight is 417 g/mol. The molecule has 0 aliphatic rings. The molecule has 0 saturated carbocycles. The molecule has 0 radical (unpaired) electrons. The molecule has 0 atom stereocenters. The van der Waals surface area contributed by atoms with E-state index in [0.29, 0.717) is 6.07 Å². The summed E-state index contributed by atoms with van der Waals surface area (Å²) in [4.78, 5) is 49.2. The van der Waals surface area contributed by atoms with Gasteiger partial charge in [-0.3, -0.25) is 18.7 Å². The molecule has 0 saturated heterocycles. The largest absolute Gasteiger partial charge is 0.465 e. The Bertz CT molecular complexity index is 1280. The molecule has 10 heteroatoms. The number of nitrogens with one attached hydrogen (secondary N) is 1. The van der Waals surface area contributed by atoms with Gasteiger partial charge in [-0.1, -0.05) is 12.1 Å². The number of ether oxygens (including phenoxy) is 1. The zero-order valence-corrected chi connectivity index (χ0v) is 16.1. The predicted molar refractivity (Wildman–Crippen MR) is 104 cm³/mol. The molecule has 0 fully saturated rings. The molecule has 156 valence electrons. The number of esters is 1. The van der Waals surface area contributed by atoms with Crippen LogP contribution in [0.2, 0.25) is 0 Å². The number of nitrogens with zero attached hydrogens (tertiary/aromatic N) is 2. The van der Waals surface area contributed by atoms with E-state index in [-0.39, 0.29) is 17.4 Å². The average Bonchev–Trinajstić information content (AvgIpc) is 2.73. The molecule has 1 N–H and O–H groups in total. The second-order valence-electron chi connectivity index (χ2n) is 6.29. The monoisotopic (exact) mass is 417 g/mol. The molecule has 0 aliphatic heterocycles. The summed E-state index contributed by atoms with van der Waals surface area (Å²) < 4.78 is 34.3. The maximum atomic E-state index is 14.1. The van der Waals surface area contributed by atoms with Gasteiger partial charge in [-0.15, -0.1) is 0 Å². The summed E-state index contributed by atoms with van der Waals surface area (Å²) in [7, 11) is 1.03. The van der Waals surface area contributed by atoms with Gasteiger partial charge in [0.05, 0.1) is 29.3 Å². The van der Waals surface area contributed by atoms with Crippen molar-refractivity contribution in [2.75, 3.05) is 12.4 Å². The summed E-state index contributed by atoms with van der Waals surface area (Å²) in [5.41, 5.74) is -1.96. The number of anilines is 1. The third-order valence-electron chi connectivity index (χ3n) is 4.49. The predicted octanol–water partition coefficient (Wildman–Crippen LogP) is 1.89. The van der Waals surface area contributed by atoms with E-state index in [1.165, 1.54) is 12.1 Å². The van der Waals surface area contributed by atoms with E-state index in [1.54, 1.807) is 19.1 Å². The zero-order valence-electron chi connectivity index (χ0n) is 16.1. The molecule has 1 heterocycles. The van der Waals surface area contributed by atoms with Crippen LogP contribution in [-0.2, 0) is 22.6 Å². The van der Waals surface area contributed by atoms with Gasteiger partial charge in [0.25, 0.3) is 5.56 Å². The van der Waals surface area contributed by atoms with E-state index in [9.17, 15) is 28.0 Å².